The minimum Gasteiger partial charge on any atom is -0.275 e. The van der Waals surface area contributed by atoms with Gasteiger partial charge in [0.05, 0.1) is 6.07 Å². The van der Waals surface area contributed by atoms with Crippen molar-refractivity contribution in [2.45, 2.75) is 20.3 Å². The molecule has 1 aliphatic heterocycles. The van der Waals surface area contributed by atoms with E-state index >= 15 is 0 Å². The molecule has 1 aliphatic rings. The highest BCUT2D eigenvalue weighted by Gasteiger charge is 2.30. The fourth-order valence-corrected chi connectivity index (χ4v) is 1.28. The smallest absolute Gasteiger partial charge is 0.253 e. The summed E-state index contributed by atoms with van der Waals surface area (Å²) in [6.45, 7) is 4.01. The highest BCUT2D eigenvalue weighted by molar-refractivity contribution is 6.12. The Labute approximate surface area is 82.8 Å². The third-order valence-electron chi connectivity index (χ3n) is 2.04. The van der Waals surface area contributed by atoms with E-state index in [1.807, 2.05) is 19.9 Å². The number of nitriles is 1. The van der Waals surface area contributed by atoms with Gasteiger partial charge < -0.3 is 0 Å². The van der Waals surface area contributed by atoms with Gasteiger partial charge in [-0.2, -0.15) is 5.26 Å². The Bertz CT molecular complexity index is 319. The van der Waals surface area contributed by atoms with Crippen molar-refractivity contribution in [3.63, 3.8) is 0 Å². The molecule has 0 atom stereocenters. The Kier molecular flexibility index (Phi) is 2.70. The first-order valence-electron chi connectivity index (χ1n) is 4.37. The van der Waals surface area contributed by atoms with E-state index in [1.165, 1.54) is 12.2 Å². The van der Waals surface area contributed by atoms with E-state index in [0.717, 1.165) is 4.90 Å². The van der Waals surface area contributed by atoms with E-state index in [2.05, 4.69) is 0 Å². The van der Waals surface area contributed by atoms with Gasteiger partial charge in [-0.15, -0.1) is 0 Å². The second-order valence-corrected chi connectivity index (χ2v) is 4.10. The van der Waals surface area contributed by atoms with Crippen LogP contribution in [0.4, 0.5) is 0 Å². The fraction of sp³-hybridized carbons (Fsp3) is 0.500. The summed E-state index contributed by atoms with van der Waals surface area (Å²) in [6.07, 6.45) is 2.83. The first-order valence-corrected chi connectivity index (χ1v) is 4.37. The maximum Gasteiger partial charge on any atom is 0.253 e. The summed E-state index contributed by atoms with van der Waals surface area (Å²) in [7, 11) is 0. The van der Waals surface area contributed by atoms with Crippen LogP contribution in [0.5, 0.6) is 0 Å². The molecule has 0 aliphatic carbocycles. The fourth-order valence-electron chi connectivity index (χ4n) is 1.28. The van der Waals surface area contributed by atoms with Crippen molar-refractivity contribution in [3.8, 4) is 6.07 Å². The normalized spacial score (nSPS) is 16.2. The van der Waals surface area contributed by atoms with Gasteiger partial charge in [0.1, 0.15) is 0 Å². The minimum atomic E-state index is -0.341. The lowest BCUT2D eigenvalue weighted by Gasteiger charge is -2.26. The number of hydrogen-bond donors (Lipinski definition) is 0. The Morgan fingerprint density at radius 1 is 1.36 bits per heavy atom. The van der Waals surface area contributed by atoms with Crippen LogP contribution in [-0.2, 0) is 9.59 Å². The molecule has 0 saturated heterocycles. The molecule has 2 amide bonds. The molecule has 0 aromatic carbocycles. The lowest BCUT2D eigenvalue weighted by atomic mass is 9.89. The Morgan fingerprint density at radius 2 is 1.86 bits per heavy atom. The quantitative estimate of drug-likeness (QED) is 0.623. The maximum atomic E-state index is 11.2. The molecule has 4 nitrogen and oxygen atoms in total. The van der Waals surface area contributed by atoms with Crippen molar-refractivity contribution in [1.29, 1.82) is 5.26 Å². The SMILES string of the molecule is CC(C)(CC#N)CN1C(=O)C=CC1=O. The molecule has 0 bridgehead atoms. The topological polar surface area (TPSA) is 61.2 Å². The summed E-state index contributed by atoms with van der Waals surface area (Å²) in [6, 6.07) is 2.04. The summed E-state index contributed by atoms with van der Waals surface area (Å²) in [5.74, 6) is -0.581. The number of imide groups is 1. The molecule has 0 fully saturated rings. The Balaban J connectivity index is 2.66. The third-order valence-corrected chi connectivity index (χ3v) is 2.04. The molecule has 1 heterocycles. The van der Waals surface area contributed by atoms with Gasteiger partial charge in [-0.25, -0.2) is 0 Å². The van der Waals surface area contributed by atoms with Crippen LogP contribution < -0.4 is 0 Å². The van der Waals surface area contributed by atoms with Crippen LogP contribution in [0.3, 0.4) is 0 Å². The molecule has 0 spiro atoms. The maximum absolute atomic E-state index is 11.2. The molecule has 0 aromatic rings. The van der Waals surface area contributed by atoms with Crippen LogP contribution in [0.2, 0.25) is 0 Å². The summed E-state index contributed by atoms with van der Waals surface area (Å²) >= 11 is 0. The first kappa shape index (κ1) is 10.5. The third kappa shape index (κ3) is 2.19. The average Bonchev–Trinajstić information content (AvgIpc) is 2.35. The zero-order valence-electron chi connectivity index (χ0n) is 8.28. The molecular formula is C10H12N2O2. The zero-order valence-corrected chi connectivity index (χ0v) is 8.28. The first-order chi connectivity index (χ1) is 6.46. The summed E-state index contributed by atoms with van der Waals surface area (Å²) in [4.78, 5) is 23.6. The lowest BCUT2D eigenvalue weighted by Crippen LogP contribution is -2.38. The average molecular weight is 192 g/mol. The van der Waals surface area contributed by atoms with Crippen LogP contribution in [0, 0.1) is 16.7 Å². The van der Waals surface area contributed by atoms with Crippen LogP contribution in [0.25, 0.3) is 0 Å². The van der Waals surface area contributed by atoms with Crippen LogP contribution in [0.1, 0.15) is 20.3 Å². The van der Waals surface area contributed by atoms with Gasteiger partial charge in [0.2, 0.25) is 0 Å². The molecule has 74 valence electrons. The standard InChI is InChI=1S/C10H12N2O2/c1-10(2,5-6-11)7-12-8(13)3-4-9(12)14/h3-4H,5,7H2,1-2H3. The van der Waals surface area contributed by atoms with Crippen LogP contribution in [0.15, 0.2) is 12.2 Å². The molecule has 14 heavy (non-hydrogen) atoms. The second-order valence-electron chi connectivity index (χ2n) is 4.10. The molecule has 0 saturated carbocycles. The monoisotopic (exact) mass is 192 g/mol. The number of carbonyl (C=O) groups is 2. The van der Waals surface area contributed by atoms with Crippen molar-refractivity contribution < 1.29 is 9.59 Å². The van der Waals surface area contributed by atoms with E-state index in [1.54, 1.807) is 0 Å². The van der Waals surface area contributed by atoms with Gasteiger partial charge in [0, 0.05) is 25.1 Å². The second kappa shape index (κ2) is 3.62. The molecule has 0 N–H and O–H groups in total. The lowest BCUT2D eigenvalue weighted by molar-refractivity contribution is -0.138. The minimum absolute atomic E-state index is 0.291. The van der Waals surface area contributed by atoms with Crippen molar-refractivity contribution >= 4 is 11.8 Å². The van der Waals surface area contributed by atoms with Gasteiger partial charge in [-0.05, 0) is 5.41 Å². The number of hydrogen-bond acceptors (Lipinski definition) is 3. The largest absolute Gasteiger partial charge is 0.275 e. The number of nitrogens with zero attached hydrogens (tertiary/aromatic N) is 2. The van der Waals surface area contributed by atoms with E-state index in [0.29, 0.717) is 13.0 Å². The predicted molar refractivity (Wildman–Crippen MR) is 49.9 cm³/mol. The van der Waals surface area contributed by atoms with Gasteiger partial charge in [0.25, 0.3) is 11.8 Å². The number of amides is 2. The van der Waals surface area contributed by atoms with Crippen molar-refractivity contribution in [2.24, 2.45) is 5.41 Å². The highest BCUT2D eigenvalue weighted by Crippen LogP contribution is 2.22. The van der Waals surface area contributed by atoms with Crippen LogP contribution in [-0.4, -0.2) is 23.3 Å². The van der Waals surface area contributed by atoms with E-state index < -0.39 is 0 Å². The van der Waals surface area contributed by atoms with Crippen molar-refractivity contribution in [1.82, 2.24) is 4.90 Å². The van der Waals surface area contributed by atoms with Gasteiger partial charge in [-0.3, -0.25) is 14.5 Å². The van der Waals surface area contributed by atoms with Gasteiger partial charge in [-0.1, -0.05) is 13.8 Å². The highest BCUT2D eigenvalue weighted by atomic mass is 16.2. The molecule has 1 rings (SSSR count). The van der Waals surface area contributed by atoms with Crippen molar-refractivity contribution in [2.75, 3.05) is 6.54 Å². The number of carbonyl (C=O) groups excluding carboxylic acids is 2. The molecule has 0 radical (unpaired) electrons. The summed E-state index contributed by atoms with van der Waals surface area (Å²) in [5, 5.41) is 8.55. The predicted octanol–water partition coefficient (Wildman–Crippen LogP) is 0.851. The Morgan fingerprint density at radius 3 is 2.29 bits per heavy atom. The van der Waals surface area contributed by atoms with E-state index in [9.17, 15) is 9.59 Å². The van der Waals surface area contributed by atoms with E-state index in [-0.39, 0.29) is 17.2 Å². The molecule has 4 heteroatoms. The molecular weight excluding hydrogens is 180 g/mol. The summed E-state index contributed by atoms with van der Waals surface area (Å²) in [5.41, 5.74) is -0.341. The van der Waals surface area contributed by atoms with Crippen molar-refractivity contribution in [3.05, 3.63) is 12.2 Å². The zero-order chi connectivity index (χ0) is 10.8. The van der Waals surface area contributed by atoms with Crippen LogP contribution >= 0.6 is 0 Å². The molecule has 0 unspecified atom stereocenters. The van der Waals surface area contributed by atoms with Gasteiger partial charge in [0.15, 0.2) is 0 Å². The molecule has 0 aromatic heterocycles. The Hall–Kier alpha value is -1.63. The summed E-state index contributed by atoms with van der Waals surface area (Å²) < 4.78 is 0. The van der Waals surface area contributed by atoms with E-state index in [4.69, 9.17) is 5.26 Å². The number of rotatable bonds is 3. The van der Waals surface area contributed by atoms with Gasteiger partial charge >= 0.3 is 0 Å².